The summed E-state index contributed by atoms with van der Waals surface area (Å²) >= 11 is 5.89. The highest BCUT2D eigenvalue weighted by atomic mass is 35.5. The van der Waals surface area contributed by atoms with Crippen LogP contribution in [0.2, 0.25) is 5.02 Å². The summed E-state index contributed by atoms with van der Waals surface area (Å²) in [5, 5.41) is 0.455. The standard InChI is InChI=1S/C10H9ClN2O/c11-9-3-4-12-7-8(9)10(14)13-5-1-2-6-13/h1-4,7H,5-6H2. The van der Waals surface area contributed by atoms with Crippen LogP contribution in [-0.4, -0.2) is 28.9 Å². The molecule has 0 atom stereocenters. The number of pyridine rings is 1. The van der Waals surface area contributed by atoms with E-state index in [9.17, 15) is 4.79 Å². The zero-order valence-corrected chi connectivity index (χ0v) is 8.24. The van der Waals surface area contributed by atoms with Crippen LogP contribution in [0.4, 0.5) is 0 Å². The third kappa shape index (κ3) is 1.63. The Bertz CT molecular complexity index is 381. The van der Waals surface area contributed by atoms with Crippen molar-refractivity contribution in [1.82, 2.24) is 9.88 Å². The molecule has 1 aliphatic heterocycles. The summed E-state index contributed by atoms with van der Waals surface area (Å²) in [4.78, 5) is 17.4. The average molecular weight is 209 g/mol. The lowest BCUT2D eigenvalue weighted by molar-refractivity contribution is 0.0800. The Kier molecular flexibility index (Phi) is 2.50. The molecule has 72 valence electrons. The van der Waals surface area contributed by atoms with Crippen molar-refractivity contribution in [2.24, 2.45) is 0 Å². The Morgan fingerprint density at radius 1 is 1.43 bits per heavy atom. The summed E-state index contributed by atoms with van der Waals surface area (Å²) in [6.07, 6.45) is 6.99. The van der Waals surface area contributed by atoms with Gasteiger partial charge in [-0.2, -0.15) is 0 Å². The fraction of sp³-hybridized carbons (Fsp3) is 0.200. The van der Waals surface area contributed by atoms with E-state index in [2.05, 4.69) is 4.98 Å². The molecule has 2 rings (SSSR count). The van der Waals surface area contributed by atoms with Gasteiger partial charge in [0.15, 0.2) is 0 Å². The van der Waals surface area contributed by atoms with Gasteiger partial charge in [-0.15, -0.1) is 0 Å². The van der Waals surface area contributed by atoms with Gasteiger partial charge in [0, 0.05) is 25.5 Å². The van der Waals surface area contributed by atoms with Crippen molar-refractivity contribution >= 4 is 17.5 Å². The SMILES string of the molecule is O=C(c1cnccc1Cl)N1CC=CC1. The predicted molar refractivity (Wildman–Crippen MR) is 54.3 cm³/mol. The first kappa shape index (κ1) is 9.21. The van der Waals surface area contributed by atoms with Gasteiger partial charge in [0.25, 0.3) is 5.91 Å². The lowest BCUT2D eigenvalue weighted by atomic mass is 10.2. The lowest BCUT2D eigenvalue weighted by Gasteiger charge is -2.15. The van der Waals surface area contributed by atoms with Crippen LogP contribution in [0.5, 0.6) is 0 Å². The molecule has 1 aromatic heterocycles. The van der Waals surface area contributed by atoms with Crippen molar-refractivity contribution in [2.75, 3.05) is 13.1 Å². The highest BCUT2D eigenvalue weighted by Crippen LogP contribution is 2.16. The van der Waals surface area contributed by atoms with Gasteiger partial charge in [-0.25, -0.2) is 0 Å². The molecule has 1 aromatic rings. The van der Waals surface area contributed by atoms with Crippen LogP contribution in [0.15, 0.2) is 30.6 Å². The zero-order chi connectivity index (χ0) is 9.97. The Labute approximate surface area is 87.0 Å². The van der Waals surface area contributed by atoms with Gasteiger partial charge in [0.2, 0.25) is 0 Å². The third-order valence-corrected chi connectivity index (χ3v) is 2.43. The molecule has 0 fully saturated rings. The lowest BCUT2D eigenvalue weighted by Crippen LogP contribution is -2.28. The van der Waals surface area contributed by atoms with Gasteiger partial charge in [-0.1, -0.05) is 23.8 Å². The number of carbonyl (C=O) groups is 1. The molecular weight excluding hydrogens is 200 g/mol. The van der Waals surface area contributed by atoms with Gasteiger partial charge in [0.1, 0.15) is 0 Å². The minimum atomic E-state index is -0.0619. The smallest absolute Gasteiger partial charge is 0.257 e. The minimum absolute atomic E-state index is 0.0619. The quantitative estimate of drug-likeness (QED) is 0.659. The number of nitrogens with zero attached hydrogens (tertiary/aromatic N) is 2. The summed E-state index contributed by atoms with van der Waals surface area (Å²) in [6.45, 7) is 1.31. The fourth-order valence-electron chi connectivity index (χ4n) is 1.35. The van der Waals surface area contributed by atoms with E-state index in [0.29, 0.717) is 23.7 Å². The second kappa shape index (κ2) is 3.80. The van der Waals surface area contributed by atoms with E-state index < -0.39 is 0 Å². The average Bonchev–Trinajstić information content (AvgIpc) is 2.70. The highest BCUT2D eigenvalue weighted by Gasteiger charge is 2.18. The second-order valence-corrected chi connectivity index (χ2v) is 3.44. The van der Waals surface area contributed by atoms with Crippen LogP contribution in [0.3, 0.4) is 0 Å². The zero-order valence-electron chi connectivity index (χ0n) is 7.48. The van der Waals surface area contributed by atoms with Crippen molar-refractivity contribution in [3.63, 3.8) is 0 Å². The number of amides is 1. The molecule has 0 bridgehead atoms. The summed E-state index contributed by atoms with van der Waals surface area (Å²) in [6, 6.07) is 1.62. The summed E-state index contributed by atoms with van der Waals surface area (Å²) in [5.41, 5.74) is 0.470. The molecule has 0 saturated heterocycles. The van der Waals surface area contributed by atoms with Crippen LogP contribution in [0, 0.1) is 0 Å². The summed E-state index contributed by atoms with van der Waals surface area (Å²) in [5.74, 6) is -0.0619. The van der Waals surface area contributed by atoms with Crippen molar-refractivity contribution in [3.05, 3.63) is 41.2 Å². The maximum atomic E-state index is 11.8. The van der Waals surface area contributed by atoms with E-state index >= 15 is 0 Å². The van der Waals surface area contributed by atoms with Crippen molar-refractivity contribution in [2.45, 2.75) is 0 Å². The van der Waals surface area contributed by atoms with Crippen LogP contribution >= 0.6 is 11.6 Å². The molecule has 3 nitrogen and oxygen atoms in total. The summed E-state index contributed by atoms with van der Waals surface area (Å²) < 4.78 is 0. The first-order chi connectivity index (χ1) is 6.79. The van der Waals surface area contributed by atoms with Crippen molar-refractivity contribution in [3.8, 4) is 0 Å². The number of hydrogen-bond donors (Lipinski definition) is 0. The number of aromatic nitrogens is 1. The molecule has 0 aromatic carbocycles. The molecule has 0 radical (unpaired) electrons. The van der Waals surface area contributed by atoms with Crippen LogP contribution in [-0.2, 0) is 0 Å². The Hall–Kier alpha value is -1.35. The van der Waals surface area contributed by atoms with Gasteiger partial charge in [0.05, 0.1) is 10.6 Å². The van der Waals surface area contributed by atoms with Crippen molar-refractivity contribution in [1.29, 1.82) is 0 Å². The van der Waals surface area contributed by atoms with Gasteiger partial charge < -0.3 is 4.90 Å². The molecular formula is C10H9ClN2O. The van der Waals surface area contributed by atoms with Crippen LogP contribution in [0.25, 0.3) is 0 Å². The maximum absolute atomic E-state index is 11.8. The van der Waals surface area contributed by atoms with E-state index in [1.807, 2.05) is 12.2 Å². The minimum Gasteiger partial charge on any atom is -0.331 e. The predicted octanol–water partition coefficient (Wildman–Crippen LogP) is 1.75. The number of rotatable bonds is 1. The van der Waals surface area contributed by atoms with E-state index in [-0.39, 0.29) is 5.91 Å². The largest absolute Gasteiger partial charge is 0.331 e. The van der Waals surface area contributed by atoms with Crippen molar-refractivity contribution < 1.29 is 4.79 Å². The van der Waals surface area contributed by atoms with Gasteiger partial charge in [-0.05, 0) is 6.07 Å². The first-order valence-corrected chi connectivity index (χ1v) is 4.70. The van der Waals surface area contributed by atoms with Crippen LogP contribution in [0.1, 0.15) is 10.4 Å². The molecule has 0 N–H and O–H groups in total. The molecule has 0 saturated carbocycles. The first-order valence-electron chi connectivity index (χ1n) is 4.33. The Morgan fingerprint density at radius 3 is 2.79 bits per heavy atom. The number of carbonyl (C=O) groups excluding carboxylic acids is 1. The Balaban J connectivity index is 2.23. The third-order valence-electron chi connectivity index (χ3n) is 2.10. The van der Waals surface area contributed by atoms with E-state index in [1.54, 1.807) is 17.2 Å². The maximum Gasteiger partial charge on any atom is 0.257 e. The molecule has 2 heterocycles. The fourth-order valence-corrected chi connectivity index (χ4v) is 1.54. The normalized spacial score (nSPS) is 14.8. The monoisotopic (exact) mass is 208 g/mol. The van der Waals surface area contributed by atoms with Crippen LogP contribution < -0.4 is 0 Å². The van der Waals surface area contributed by atoms with E-state index in [4.69, 9.17) is 11.6 Å². The second-order valence-electron chi connectivity index (χ2n) is 3.04. The van der Waals surface area contributed by atoms with Gasteiger partial charge in [-0.3, -0.25) is 9.78 Å². The number of halogens is 1. The molecule has 4 heteroatoms. The molecule has 0 aliphatic carbocycles. The molecule has 0 unspecified atom stereocenters. The summed E-state index contributed by atoms with van der Waals surface area (Å²) in [7, 11) is 0. The molecule has 1 amide bonds. The Morgan fingerprint density at radius 2 is 2.14 bits per heavy atom. The highest BCUT2D eigenvalue weighted by molar-refractivity contribution is 6.33. The van der Waals surface area contributed by atoms with E-state index in [1.165, 1.54) is 6.20 Å². The number of hydrogen-bond acceptors (Lipinski definition) is 2. The molecule has 14 heavy (non-hydrogen) atoms. The van der Waals surface area contributed by atoms with E-state index in [0.717, 1.165) is 0 Å². The van der Waals surface area contributed by atoms with Gasteiger partial charge >= 0.3 is 0 Å². The topological polar surface area (TPSA) is 33.2 Å². The molecule has 1 aliphatic rings. The molecule has 0 spiro atoms.